The van der Waals surface area contributed by atoms with Crippen LogP contribution in [0.4, 0.5) is 10.5 Å². The van der Waals surface area contributed by atoms with Crippen molar-refractivity contribution < 1.29 is 4.79 Å². The fourth-order valence-corrected chi connectivity index (χ4v) is 3.26. The van der Waals surface area contributed by atoms with E-state index in [2.05, 4.69) is 46.5 Å². The second-order valence-corrected chi connectivity index (χ2v) is 6.89. The summed E-state index contributed by atoms with van der Waals surface area (Å²) in [6.07, 6.45) is 6.46. The second-order valence-electron chi connectivity index (χ2n) is 6.89. The van der Waals surface area contributed by atoms with Crippen LogP contribution < -0.4 is 10.6 Å². The van der Waals surface area contributed by atoms with Gasteiger partial charge in [0.2, 0.25) is 0 Å². The molecule has 1 unspecified atom stereocenters. The summed E-state index contributed by atoms with van der Waals surface area (Å²) in [5, 5.41) is 6.00. The first-order valence-electron chi connectivity index (χ1n) is 8.82. The van der Waals surface area contributed by atoms with Crippen molar-refractivity contribution in [1.82, 2.24) is 15.2 Å². The minimum absolute atomic E-state index is 0.131. The van der Waals surface area contributed by atoms with Gasteiger partial charge in [0.1, 0.15) is 0 Å². The molecule has 5 nitrogen and oxygen atoms in total. The highest BCUT2D eigenvalue weighted by Gasteiger charge is 2.24. The van der Waals surface area contributed by atoms with Crippen LogP contribution in [0, 0.1) is 19.8 Å². The lowest BCUT2D eigenvalue weighted by Gasteiger charge is -2.20. The molecule has 0 radical (unpaired) electrons. The van der Waals surface area contributed by atoms with E-state index >= 15 is 0 Å². The van der Waals surface area contributed by atoms with E-state index in [-0.39, 0.29) is 12.1 Å². The van der Waals surface area contributed by atoms with Crippen LogP contribution in [0.2, 0.25) is 0 Å². The van der Waals surface area contributed by atoms with E-state index in [9.17, 15) is 4.79 Å². The smallest absolute Gasteiger partial charge is 0.319 e. The van der Waals surface area contributed by atoms with E-state index in [4.69, 9.17) is 0 Å². The predicted octanol–water partition coefficient (Wildman–Crippen LogP) is 3.50. The number of aromatic nitrogens is 1. The molecule has 1 aromatic rings. The summed E-state index contributed by atoms with van der Waals surface area (Å²) in [6, 6.07) is 3.86. The van der Waals surface area contributed by atoms with Gasteiger partial charge in [-0.15, -0.1) is 0 Å². The van der Waals surface area contributed by atoms with Gasteiger partial charge in [0.05, 0.1) is 0 Å². The first-order valence-corrected chi connectivity index (χ1v) is 8.82. The molecule has 2 N–H and O–H groups in total. The summed E-state index contributed by atoms with van der Waals surface area (Å²) < 4.78 is 0. The van der Waals surface area contributed by atoms with Crippen LogP contribution in [-0.4, -0.2) is 41.6 Å². The van der Waals surface area contributed by atoms with E-state index in [1.54, 1.807) is 0 Å². The molecule has 0 bridgehead atoms. The van der Waals surface area contributed by atoms with Crippen molar-refractivity contribution in [3.63, 3.8) is 0 Å². The fraction of sp³-hybridized carbons (Fsp3) is 0.579. The average Bonchev–Trinajstić information content (AvgIpc) is 2.90. The van der Waals surface area contributed by atoms with Crippen LogP contribution in [0.15, 0.2) is 24.3 Å². The molecule has 2 amide bonds. The number of carbonyl (C=O) groups is 1. The maximum atomic E-state index is 12.2. The van der Waals surface area contributed by atoms with Crippen molar-refractivity contribution >= 4 is 11.7 Å². The van der Waals surface area contributed by atoms with Crippen LogP contribution >= 0.6 is 0 Å². The number of anilines is 1. The number of nitrogens with one attached hydrogen (secondary N) is 2. The summed E-state index contributed by atoms with van der Waals surface area (Å²) in [6.45, 7) is 11.3. The number of aryl methyl sites for hydroxylation is 2. The molecule has 1 aliphatic rings. The minimum Gasteiger partial charge on any atom is -0.334 e. The van der Waals surface area contributed by atoms with Gasteiger partial charge < -0.3 is 15.5 Å². The number of likely N-dealkylation sites (tertiary alicyclic amines) is 1. The highest BCUT2D eigenvalue weighted by atomic mass is 16.2. The number of hydrogen-bond acceptors (Lipinski definition) is 3. The molecule has 0 aliphatic carbocycles. The Kier molecular flexibility index (Phi) is 6.79. The minimum atomic E-state index is -0.131. The summed E-state index contributed by atoms with van der Waals surface area (Å²) >= 11 is 0. The SMILES string of the molecule is C/C=C\CC(C)CN1CC[C@H](NC(=O)Nc2cc(C)nc(C)c2)C1. The summed E-state index contributed by atoms with van der Waals surface area (Å²) in [5.41, 5.74) is 2.62. The van der Waals surface area contributed by atoms with Gasteiger partial charge in [0, 0.05) is 42.8 Å². The van der Waals surface area contributed by atoms with Crippen LogP contribution in [0.3, 0.4) is 0 Å². The molecular formula is C19H30N4O. The normalized spacial score (nSPS) is 19.6. The van der Waals surface area contributed by atoms with Gasteiger partial charge in [0.15, 0.2) is 0 Å². The van der Waals surface area contributed by atoms with Crippen molar-refractivity contribution in [2.24, 2.45) is 5.92 Å². The third-order valence-electron chi connectivity index (χ3n) is 4.29. The lowest BCUT2D eigenvalue weighted by Crippen LogP contribution is -2.40. The Morgan fingerprint density at radius 1 is 1.42 bits per heavy atom. The molecule has 1 fully saturated rings. The number of allylic oxidation sites excluding steroid dienone is 2. The monoisotopic (exact) mass is 330 g/mol. The molecule has 1 saturated heterocycles. The molecule has 0 aromatic carbocycles. The van der Waals surface area contributed by atoms with Crippen molar-refractivity contribution in [3.8, 4) is 0 Å². The van der Waals surface area contributed by atoms with Crippen molar-refractivity contribution in [2.75, 3.05) is 25.0 Å². The van der Waals surface area contributed by atoms with Crippen LogP contribution in [-0.2, 0) is 0 Å². The highest BCUT2D eigenvalue weighted by Crippen LogP contribution is 2.15. The van der Waals surface area contributed by atoms with E-state index in [1.807, 2.05) is 26.0 Å². The van der Waals surface area contributed by atoms with E-state index in [0.29, 0.717) is 5.92 Å². The number of amides is 2. The maximum absolute atomic E-state index is 12.2. The van der Waals surface area contributed by atoms with E-state index < -0.39 is 0 Å². The van der Waals surface area contributed by atoms with Crippen molar-refractivity contribution in [1.29, 1.82) is 0 Å². The first-order chi connectivity index (χ1) is 11.5. The molecule has 1 aliphatic heterocycles. The summed E-state index contributed by atoms with van der Waals surface area (Å²) in [5.74, 6) is 0.650. The molecule has 2 atom stereocenters. The first kappa shape index (κ1) is 18.5. The largest absolute Gasteiger partial charge is 0.334 e. The third kappa shape index (κ3) is 5.96. The van der Waals surface area contributed by atoms with Crippen LogP contribution in [0.1, 0.15) is 38.1 Å². The lowest BCUT2D eigenvalue weighted by molar-refractivity contribution is 0.246. The van der Waals surface area contributed by atoms with Gasteiger partial charge in [-0.1, -0.05) is 19.1 Å². The number of rotatable bonds is 6. The Labute approximate surface area is 145 Å². The molecule has 2 heterocycles. The molecule has 24 heavy (non-hydrogen) atoms. The Balaban J connectivity index is 1.77. The Hall–Kier alpha value is -1.88. The molecule has 2 rings (SSSR count). The number of nitrogens with zero attached hydrogens (tertiary/aromatic N) is 2. The van der Waals surface area contributed by atoms with Crippen molar-refractivity contribution in [3.05, 3.63) is 35.7 Å². The van der Waals surface area contributed by atoms with E-state index in [0.717, 1.165) is 49.6 Å². The zero-order chi connectivity index (χ0) is 17.5. The Morgan fingerprint density at radius 2 is 2.12 bits per heavy atom. The van der Waals surface area contributed by atoms with Crippen molar-refractivity contribution in [2.45, 2.75) is 46.6 Å². The molecular weight excluding hydrogens is 300 g/mol. The number of hydrogen-bond donors (Lipinski definition) is 2. The predicted molar refractivity (Wildman–Crippen MR) is 99.3 cm³/mol. The average molecular weight is 330 g/mol. The van der Waals surface area contributed by atoms with Gasteiger partial charge in [-0.2, -0.15) is 0 Å². The van der Waals surface area contributed by atoms with Crippen LogP contribution in [0.25, 0.3) is 0 Å². The topological polar surface area (TPSA) is 57.3 Å². The lowest BCUT2D eigenvalue weighted by atomic mass is 10.1. The van der Waals surface area contributed by atoms with Gasteiger partial charge in [-0.05, 0) is 51.7 Å². The van der Waals surface area contributed by atoms with Gasteiger partial charge in [0.25, 0.3) is 0 Å². The zero-order valence-electron chi connectivity index (χ0n) is 15.3. The van der Waals surface area contributed by atoms with Gasteiger partial charge in [-0.3, -0.25) is 4.98 Å². The number of pyridine rings is 1. The van der Waals surface area contributed by atoms with Gasteiger partial charge >= 0.3 is 6.03 Å². The number of carbonyl (C=O) groups excluding carboxylic acids is 1. The van der Waals surface area contributed by atoms with Gasteiger partial charge in [-0.25, -0.2) is 4.79 Å². The zero-order valence-corrected chi connectivity index (χ0v) is 15.3. The second kappa shape index (κ2) is 8.83. The molecule has 0 spiro atoms. The quantitative estimate of drug-likeness (QED) is 0.785. The molecule has 5 heteroatoms. The fourth-order valence-electron chi connectivity index (χ4n) is 3.26. The highest BCUT2D eigenvalue weighted by molar-refractivity contribution is 5.89. The van der Waals surface area contributed by atoms with E-state index in [1.165, 1.54) is 0 Å². The molecule has 132 valence electrons. The molecule has 1 aromatic heterocycles. The Bertz CT molecular complexity index is 564. The number of urea groups is 1. The van der Waals surface area contributed by atoms with Crippen LogP contribution in [0.5, 0.6) is 0 Å². The standard InChI is InChI=1S/C19H30N4O/c1-5-6-7-14(2)12-23-9-8-17(13-23)21-19(24)22-18-10-15(3)20-16(4)11-18/h5-6,10-11,14,17H,7-9,12-13H2,1-4H3,(H2,20,21,22,24)/b6-5-/t14?,17-/m0/s1. The molecule has 0 saturated carbocycles. The summed E-state index contributed by atoms with van der Waals surface area (Å²) in [4.78, 5) is 19.0. The summed E-state index contributed by atoms with van der Waals surface area (Å²) in [7, 11) is 0. The Morgan fingerprint density at radius 3 is 2.79 bits per heavy atom. The maximum Gasteiger partial charge on any atom is 0.319 e. The third-order valence-corrected chi connectivity index (χ3v) is 4.29.